The first-order valence-corrected chi connectivity index (χ1v) is 7.22. The third kappa shape index (κ3) is 2.00. The first-order chi connectivity index (χ1) is 9.24. The Morgan fingerprint density at radius 2 is 1.53 bits per heavy atom. The molecule has 2 N–H and O–H groups in total. The van der Waals surface area contributed by atoms with Crippen molar-refractivity contribution < 1.29 is 10.2 Å². The van der Waals surface area contributed by atoms with Crippen LogP contribution in [0.15, 0.2) is 30.3 Å². The van der Waals surface area contributed by atoms with Crippen LogP contribution in [-0.2, 0) is 6.54 Å². The summed E-state index contributed by atoms with van der Waals surface area (Å²) in [6, 6.07) is 10.5. The van der Waals surface area contributed by atoms with Gasteiger partial charge in [-0.3, -0.25) is 4.90 Å². The van der Waals surface area contributed by atoms with E-state index in [-0.39, 0.29) is 24.0 Å². The van der Waals surface area contributed by atoms with Crippen molar-refractivity contribution in [3.8, 4) is 0 Å². The fourth-order valence-corrected chi connectivity index (χ4v) is 4.25. The molecule has 2 aliphatic rings. The topological polar surface area (TPSA) is 43.7 Å². The SMILES string of the molecule is OC[C@@]12CCC[C@]1(CO)CN(Cc1ccccc1)C2. The molecule has 0 aromatic heterocycles. The number of fused-ring (bicyclic) bond motifs is 1. The summed E-state index contributed by atoms with van der Waals surface area (Å²) in [5.74, 6) is 0. The summed E-state index contributed by atoms with van der Waals surface area (Å²) in [6.45, 7) is 3.17. The van der Waals surface area contributed by atoms with Crippen LogP contribution in [-0.4, -0.2) is 41.4 Å². The van der Waals surface area contributed by atoms with E-state index < -0.39 is 0 Å². The van der Waals surface area contributed by atoms with Gasteiger partial charge in [0.05, 0.1) is 13.2 Å². The lowest BCUT2D eigenvalue weighted by Crippen LogP contribution is -2.41. The number of aliphatic hydroxyl groups is 2. The maximum Gasteiger partial charge on any atom is 0.0506 e. The largest absolute Gasteiger partial charge is 0.396 e. The molecule has 1 saturated heterocycles. The third-order valence-corrected chi connectivity index (χ3v) is 5.34. The number of nitrogens with zero attached hydrogens (tertiary/aromatic N) is 1. The second kappa shape index (κ2) is 4.89. The van der Waals surface area contributed by atoms with E-state index in [1.165, 1.54) is 5.56 Å². The second-order valence-corrected chi connectivity index (χ2v) is 6.36. The number of likely N-dealkylation sites (tertiary alicyclic amines) is 1. The van der Waals surface area contributed by atoms with E-state index in [1.54, 1.807) is 0 Å². The van der Waals surface area contributed by atoms with E-state index in [1.807, 2.05) is 6.07 Å². The highest BCUT2D eigenvalue weighted by Crippen LogP contribution is 2.57. The molecule has 1 saturated carbocycles. The molecule has 1 aromatic carbocycles. The van der Waals surface area contributed by atoms with Crippen molar-refractivity contribution in [2.45, 2.75) is 25.8 Å². The molecule has 19 heavy (non-hydrogen) atoms. The number of benzene rings is 1. The second-order valence-electron chi connectivity index (χ2n) is 6.36. The Hall–Kier alpha value is -0.900. The maximum absolute atomic E-state index is 9.87. The van der Waals surface area contributed by atoms with E-state index >= 15 is 0 Å². The predicted octanol–water partition coefficient (Wildman–Crippen LogP) is 1.64. The quantitative estimate of drug-likeness (QED) is 0.866. The first-order valence-electron chi connectivity index (χ1n) is 7.22. The van der Waals surface area contributed by atoms with Crippen LogP contribution in [0.2, 0.25) is 0 Å². The Labute approximate surface area is 114 Å². The molecule has 2 atom stereocenters. The highest BCUT2D eigenvalue weighted by Gasteiger charge is 2.59. The van der Waals surface area contributed by atoms with Crippen LogP contribution < -0.4 is 0 Å². The van der Waals surface area contributed by atoms with Crippen molar-refractivity contribution >= 4 is 0 Å². The lowest BCUT2D eigenvalue weighted by Gasteiger charge is -2.36. The minimum atomic E-state index is -0.0729. The summed E-state index contributed by atoms with van der Waals surface area (Å²) >= 11 is 0. The molecule has 1 aliphatic heterocycles. The molecule has 0 radical (unpaired) electrons. The molecule has 3 heteroatoms. The normalized spacial score (nSPS) is 34.6. The summed E-state index contributed by atoms with van der Waals surface area (Å²) in [5.41, 5.74) is 1.16. The fraction of sp³-hybridized carbons (Fsp3) is 0.625. The monoisotopic (exact) mass is 261 g/mol. The zero-order valence-electron chi connectivity index (χ0n) is 11.4. The Bertz CT molecular complexity index is 416. The van der Waals surface area contributed by atoms with Gasteiger partial charge in [0.2, 0.25) is 0 Å². The summed E-state index contributed by atoms with van der Waals surface area (Å²) in [4.78, 5) is 2.40. The van der Waals surface area contributed by atoms with E-state index in [0.717, 1.165) is 38.9 Å². The van der Waals surface area contributed by atoms with Gasteiger partial charge in [-0.2, -0.15) is 0 Å². The van der Waals surface area contributed by atoms with Crippen LogP contribution in [0.1, 0.15) is 24.8 Å². The van der Waals surface area contributed by atoms with Gasteiger partial charge in [0.1, 0.15) is 0 Å². The highest BCUT2D eigenvalue weighted by atomic mass is 16.3. The van der Waals surface area contributed by atoms with Crippen molar-refractivity contribution in [3.63, 3.8) is 0 Å². The average molecular weight is 261 g/mol. The van der Waals surface area contributed by atoms with Gasteiger partial charge in [-0.15, -0.1) is 0 Å². The maximum atomic E-state index is 9.87. The minimum absolute atomic E-state index is 0.0729. The number of rotatable bonds is 4. The van der Waals surface area contributed by atoms with E-state index in [2.05, 4.69) is 29.2 Å². The standard InChI is InChI=1S/C16H23NO2/c18-12-15-7-4-8-16(15,13-19)11-17(10-15)9-14-5-2-1-3-6-14/h1-3,5-6,18-19H,4,7-13H2/t15-,16+. The van der Waals surface area contributed by atoms with Gasteiger partial charge in [0.25, 0.3) is 0 Å². The van der Waals surface area contributed by atoms with Gasteiger partial charge in [0.15, 0.2) is 0 Å². The predicted molar refractivity (Wildman–Crippen MR) is 74.6 cm³/mol. The van der Waals surface area contributed by atoms with Gasteiger partial charge in [0, 0.05) is 30.5 Å². The van der Waals surface area contributed by atoms with Crippen LogP contribution in [0.5, 0.6) is 0 Å². The molecule has 1 aromatic rings. The molecule has 3 nitrogen and oxygen atoms in total. The Morgan fingerprint density at radius 1 is 0.947 bits per heavy atom. The molecular formula is C16H23NO2. The number of hydrogen-bond acceptors (Lipinski definition) is 3. The first kappa shape index (κ1) is 13.1. The molecule has 1 aliphatic carbocycles. The Morgan fingerprint density at radius 3 is 2.05 bits per heavy atom. The van der Waals surface area contributed by atoms with Gasteiger partial charge >= 0.3 is 0 Å². The molecule has 104 valence electrons. The summed E-state index contributed by atoms with van der Waals surface area (Å²) in [6.07, 6.45) is 3.24. The van der Waals surface area contributed by atoms with E-state index in [0.29, 0.717) is 0 Å². The molecule has 0 bridgehead atoms. The molecule has 2 fully saturated rings. The molecule has 0 amide bonds. The lowest BCUT2D eigenvalue weighted by molar-refractivity contribution is 0.00976. The van der Waals surface area contributed by atoms with Crippen LogP contribution in [0.4, 0.5) is 0 Å². The average Bonchev–Trinajstić information content (AvgIpc) is 2.92. The molecule has 1 heterocycles. The van der Waals surface area contributed by atoms with Gasteiger partial charge in [-0.05, 0) is 18.4 Å². The third-order valence-electron chi connectivity index (χ3n) is 5.34. The van der Waals surface area contributed by atoms with Crippen molar-refractivity contribution in [3.05, 3.63) is 35.9 Å². The number of aliphatic hydroxyl groups excluding tert-OH is 2. The number of hydrogen-bond donors (Lipinski definition) is 2. The van der Waals surface area contributed by atoms with Gasteiger partial charge in [-0.25, -0.2) is 0 Å². The van der Waals surface area contributed by atoms with Crippen molar-refractivity contribution in [1.29, 1.82) is 0 Å². The smallest absolute Gasteiger partial charge is 0.0506 e. The van der Waals surface area contributed by atoms with Gasteiger partial charge in [-0.1, -0.05) is 36.8 Å². The molecular weight excluding hydrogens is 238 g/mol. The minimum Gasteiger partial charge on any atom is -0.396 e. The van der Waals surface area contributed by atoms with Crippen LogP contribution in [0.25, 0.3) is 0 Å². The van der Waals surface area contributed by atoms with E-state index in [4.69, 9.17) is 0 Å². The molecule has 0 unspecified atom stereocenters. The van der Waals surface area contributed by atoms with Crippen molar-refractivity contribution in [2.75, 3.05) is 26.3 Å². The van der Waals surface area contributed by atoms with Crippen molar-refractivity contribution in [1.82, 2.24) is 4.90 Å². The molecule has 0 spiro atoms. The van der Waals surface area contributed by atoms with Crippen LogP contribution in [0, 0.1) is 10.8 Å². The van der Waals surface area contributed by atoms with Crippen molar-refractivity contribution in [2.24, 2.45) is 10.8 Å². The summed E-state index contributed by atoms with van der Waals surface area (Å²) in [5, 5.41) is 19.7. The van der Waals surface area contributed by atoms with Crippen LogP contribution >= 0.6 is 0 Å². The van der Waals surface area contributed by atoms with E-state index in [9.17, 15) is 10.2 Å². The summed E-state index contributed by atoms with van der Waals surface area (Å²) in [7, 11) is 0. The molecule has 3 rings (SSSR count). The zero-order valence-corrected chi connectivity index (χ0v) is 11.4. The fourth-order valence-electron chi connectivity index (χ4n) is 4.25. The Balaban J connectivity index is 1.78. The Kier molecular flexibility index (Phi) is 3.37. The highest BCUT2D eigenvalue weighted by molar-refractivity contribution is 5.17. The lowest BCUT2D eigenvalue weighted by atomic mass is 9.69. The summed E-state index contributed by atoms with van der Waals surface area (Å²) < 4.78 is 0. The van der Waals surface area contributed by atoms with Gasteiger partial charge < -0.3 is 10.2 Å². The zero-order chi connectivity index (χ0) is 13.3. The van der Waals surface area contributed by atoms with Crippen LogP contribution in [0.3, 0.4) is 0 Å².